The number of carbonyl (C=O) groups is 1. The number of hydrogen-bond donors (Lipinski definition) is 0. The molecule has 0 unspecified atom stereocenters. The van der Waals surface area contributed by atoms with Gasteiger partial charge in [0, 0.05) is 5.56 Å². The first kappa shape index (κ1) is 19.9. The van der Waals surface area contributed by atoms with Crippen molar-refractivity contribution in [2.45, 2.75) is 32.9 Å². The average molecular weight is 385 g/mol. The molecule has 2 aromatic carbocycles. The third-order valence-corrected chi connectivity index (χ3v) is 4.41. The molecule has 3 rings (SSSR count). The molecule has 0 aromatic heterocycles. The monoisotopic (exact) mass is 385 g/mol. The Morgan fingerprint density at radius 3 is 2.36 bits per heavy atom. The molecule has 1 heterocycles. The van der Waals surface area contributed by atoms with Crippen LogP contribution in [0.25, 0.3) is 11.1 Å². The van der Waals surface area contributed by atoms with Crippen LogP contribution in [0, 0.1) is 0 Å². The molecule has 1 amide bonds. The number of carbonyl (C=O) groups excluding carboxylic acids is 1. The van der Waals surface area contributed by atoms with Crippen LogP contribution < -0.4 is 14.2 Å². The number of nitrogens with zero attached hydrogens (tertiary/aromatic N) is 1. The number of fused-ring (bicyclic) bond motifs is 1. The highest BCUT2D eigenvalue weighted by molar-refractivity contribution is 5.71. The first-order valence-corrected chi connectivity index (χ1v) is 9.27. The summed E-state index contributed by atoms with van der Waals surface area (Å²) in [6.07, 6.45) is -0.333. The molecule has 1 aliphatic rings. The molecule has 6 heteroatoms. The molecular formula is C22H27NO5. The molecule has 28 heavy (non-hydrogen) atoms. The Morgan fingerprint density at radius 2 is 1.68 bits per heavy atom. The summed E-state index contributed by atoms with van der Waals surface area (Å²) in [7, 11) is 3.23. The van der Waals surface area contributed by atoms with E-state index in [-0.39, 0.29) is 6.09 Å². The molecule has 6 nitrogen and oxygen atoms in total. The van der Waals surface area contributed by atoms with Crippen LogP contribution in [0.2, 0.25) is 0 Å². The summed E-state index contributed by atoms with van der Waals surface area (Å²) in [5.74, 6) is 2.14. The minimum Gasteiger partial charge on any atom is -0.493 e. The number of amides is 1. The standard InChI is InChI=1S/C22H27NO5/c1-22(2,3)28-21(24)23-10-11-27-18-8-6-15(12-17(18)14-23)16-7-9-19(25-4)20(13-16)26-5/h6-9,12-13H,10-11,14H2,1-5H3. The second-order valence-electron chi connectivity index (χ2n) is 7.64. The Morgan fingerprint density at radius 1 is 1.00 bits per heavy atom. The molecule has 0 N–H and O–H groups in total. The third-order valence-electron chi connectivity index (χ3n) is 4.41. The molecule has 0 atom stereocenters. The highest BCUT2D eigenvalue weighted by Crippen LogP contribution is 2.35. The lowest BCUT2D eigenvalue weighted by Crippen LogP contribution is -2.37. The van der Waals surface area contributed by atoms with Crippen LogP contribution in [0.3, 0.4) is 0 Å². The van der Waals surface area contributed by atoms with Crippen LogP contribution >= 0.6 is 0 Å². The van der Waals surface area contributed by atoms with Crippen molar-refractivity contribution in [2.75, 3.05) is 27.4 Å². The smallest absolute Gasteiger partial charge is 0.410 e. The van der Waals surface area contributed by atoms with Gasteiger partial charge in [-0.2, -0.15) is 0 Å². The van der Waals surface area contributed by atoms with E-state index in [9.17, 15) is 4.79 Å². The van der Waals surface area contributed by atoms with E-state index in [1.807, 2.05) is 57.2 Å². The summed E-state index contributed by atoms with van der Waals surface area (Å²) in [5, 5.41) is 0. The summed E-state index contributed by atoms with van der Waals surface area (Å²) in [5.41, 5.74) is 2.41. The molecule has 0 spiro atoms. The second kappa shape index (κ2) is 8.00. The predicted octanol–water partition coefficient (Wildman–Crippen LogP) is 4.50. The van der Waals surface area contributed by atoms with Crippen molar-refractivity contribution < 1.29 is 23.7 Å². The molecule has 150 valence electrons. The van der Waals surface area contributed by atoms with Crippen LogP contribution in [0.15, 0.2) is 36.4 Å². The highest BCUT2D eigenvalue weighted by atomic mass is 16.6. The lowest BCUT2D eigenvalue weighted by atomic mass is 10.0. The third kappa shape index (κ3) is 4.50. The van der Waals surface area contributed by atoms with Crippen LogP contribution in [-0.2, 0) is 11.3 Å². The quantitative estimate of drug-likeness (QED) is 0.779. The second-order valence-corrected chi connectivity index (χ2v) is 7.64. The minimum atomic E-state index is -0.533. The van der Waals surface area contributed by atoms with Gasteiger partial charge in [0.05, 0.1) is 27.3 Å². The first-order valence-electron chi connectivity index (χ1n) is 9.27. The van der Waals surface area contributed by atoms with Crippen molar-refractivity contribution in [1.82, 2.24) is 4.90 Å². The Hall–Kier alpha value is -2.89. The normalized spacial score (nSPS) is 13.8. The number of hydrogen-bond acceptors (Lipinski definition) is 5. The van der Waals surface area contributed by atoms with Crippen LogP contribution in [0.1, 0.15) is 26.3 Å². The Kier molecular flexibility index (Phi) is 5.68. The van der Waals surface area contributed by atoms with E-state index in [0.29, 0.717) is 31.2 Å². The Labute approximate surface area is 166 Å². The summed E-state index contributed by atoms with van der Waals surface area (Å²) >= 11 is 0. The van der Waals surface area contributed by atoms with Gasteiger partial charge in [0.25, 0.3) is 0 Å². The van der Waals surface area contributed by atoms with Gasteiger partial charge < -0.3 is 23.8 Å². The first-order chi connectivity index (χ1) is 13.3. The van der Waals surface area contributed by atoms with Crippen LogP contribution in [0.4, 0.5) is 4.79 Å². The van der Waals surface area contributed by atoms with Gasteiger partial charge in [0.1, 0.15) is 18.0 Å². The summed E-state index contributed by atoms with van der Waals surface area (Å²) in [4.78, 5) is 14.2. The van der Waals surface area contributed by atoms with Gasteiger partial charge in [-0.05, 0) is 56.2 Å². The lowest BCUT2D eigenvalue weighted by molar-refractivity contribution is 0.0225. The molecule has 0 saturated carbocycles. The fourth-order valence-electron chi connectivity index (χ4n) is 3.07. The van der Waals surface area contributed by atoms with E-state index >= 15 is 0 Å². The maximum atomic E-state index is 12.5. The van der Waals surface area contributed by atoms with Gasteiger partial charge in [0.15, 0.2) is 11.5 Å². The van der Waals surface area contributed by atoms with E-state index < -0.39 is 5.60 Å². The Balaban J connectivity index is 1.89. The number of ether oxygens (including phenoxy) is 4. The van der Waals surface area contributed by atoms with E-state index in [1.54, 1.807) is 19.1 Å². The van der Waals surface area contributed by atoms with Crippen LogP contribution in [0.5, 0.6) is 17.2 Å². The Bertz CT molecular complexity index is 856. The molecule has 0 fully saturated rings. The van der Waals surface area contributed by atoms with Crippen molar-refractivity contribution in [3.8, 4) is 28.4 Å². The van der Waals surface area contributed by atoms with E-state index in [4.69, 9.17) is 18.9 Å². The molecule has 0 aliphatic carbocycles. The van der Waals surface area contributed by atoms with Gasteiger partial charge in [-0.25, -0.2) is 4.79 Å². The van der Waals surface area contributed by atoms with Crippen LogP contribution in [-0.4, -0.2) is 44.0 Å². The maximum absolute atomic E-state index is 12.5. The zero-order valence-corrected chi connectivity index (χ0v) is 17.1. The molecule has 1 aliphatic heterocycles. The fraction of sp³-hybridized carbons (Fsp3) is 0.409. The number of methoxy groups -OCH3 is 2. The van der Waals surface area contributed by atoms with Gasteiger partial charge in [-0.3, -0.25) is 0 Å². The van der Waals surface area contributed by atoms with E-state index in [0.717, 1.165) is 22.4 Å². The highest BCUT2D eigenvalue weighted by Gasteiger charge is 2.25. The number of benzene rings is 2. The fourth-order valence-corrected chi connectivity index (χ4v) is 3.07. The van der Waals surface area contributed by atoms with Gasteiger partial charge >= 0.3 is 6.09 Å². The van der Waals surface area contributed by atoms with Crippen molar-refractivity contribution in [3.63, 3.8) is 0 Å². The topological polar surface area (TPSA) is 57.2 Å². The predicted molar refractivity (Wildman–Crippen MR) is 107 cm³/mol. The largest absolute Gasteiger partial charge is 0.493 e. The van der Waals surface area contributed by atoms with E-state index in [2.05, 4.69) is 0 Å². The van der Waals surface area contributed by atoms with Gasteiger partial charge in [0.2, 0.25) is 0 Å². The van der Waals surface area contributed by atoms with Crippen molar-refractivity contribution >= 4 is 6.09 Å². The zero-order chi connectivity index (χ0) is 20.3. The molecule has 2 aromatic rings. The molecule has 0 bridgehead atoms. The van der Waals surface area contributed by atoms with Crippen molar-refractivity contribution in [3.05, 3.63) is 42.0 Å². The maximum Gasteiger partial charge on any atom is 0.410 e. The molecular weight excluding hydrogens is 358 g/mol. The van der Waals surface area contributed by atoms with Gasteiger partial charge in [-0.1, -0.05) is 12.1 Å². The molecule has 0 saturated heterocycles. The average Bonchev–Trinajstić information content (AvgIpc) is 2.88. The SMILES string of the molecule is COc1ccc(-c2ccc3c(c2)CN(C(=O)OC(C)(C)C)CCO3)cc1OC. The van der Waals surface area contributed by atoms with Gasteiger partial charge in [-0.15, -0.1) is 0 Å². The summed E-state index contributed by atoms with van der Waals surface area (Å²) < 4.78 is 22.1. The lowest BCUT2D eigenvalue weighted by Gasteiger charge is -2.26. The minimum absolute atomic E-state index is 0.333. The summed E-state index contributed by atoms with van der Waals surface area (Å²) in [6.45, 7) is 6.94. The van der Waals surface area contributed by atoms with Crippen molar-refractivity contribution in [1.29, 1.82) is 0 Å². The van der Waals surface area contributed by atoms with Crippen molar-refractivity contribution in [2.24, 2.45) is 0 Å². The zero-order valence-electron chi connectivity index (χ0n) is 17.1. The molecule has 0 radical (unpaired) electrons. The summed E-state index contributed by atoms with van der Waals surface area (Å²) in [6, 6.07) is 11.8. The number of rotatable bonds is 3. The van der Waals surface area contributed by atoms with E-state index in [1.165, 1.54) is 0 Å².